The Morgan fingerprint density at radius 1 is 1.10 bits per heavy atom. The number of hydrogen-bond acceptors (Lipinski definition) is 4. The molecule has 1 aliphatic heterocycles. The SMILES string of the molecule is O=C1/C(=C/c2ccco2)N=C(c2cccc(Br)c2)N1CCc1nc2ccccc2[nH]1. The van der Waals surface area contributed by atoms with Gasteiger partial charge in [-0.3, -0.25) is 9.69 Å². The van der Waals surface area contributed by atoms with Crippen molar-refractivity contribution >= 4 is 44.8 Å². The summed E-state index contributed by atoms with van der Waals surface area (Å²) in [5.41, 5.74) is 3.12. The largest absolute Gasteiger partial charge is 0.465 e. The van der Waals surface area contributed by atoms with Crippen LogP contribution in [-0.2, 0) is 11.2 Å². The van der Waals surface area contributed by atoms with Gasteiger partial charge in [-0.15, -0.1) is 0 Å². The summed E-state index contributed by atoms with van der Waals surface area (Å²) in [6, 6.07) is 19.2. The standard InChI is InChI=1S/C23H17BrN4O2/c24-16-6-3-5-15(13-16)22-27-20(14-17-7-4-12-30-17)23(29)28(22)11-10-21-25-18-8-1-2-9-19(18)26-21/h1-9,12-14H,10-11H2,(H,25,26)/b20-14-. The topological polar surface area (TPSA) is 74.5 Å². The van der Waals surface area contributed by atoms with Crippen molar-refractivity contribution in [3.8, 4) is 0 Å². The molecule has 148 valence electrons. The van der Waals surface area contributed by atoms with Gasteiger partial charge in [0.2, 0.25) is 0 Å². The molecule has 0 saturated carbocycles. The van der Waals surface area contributed by atoms with Crippen LogP contribution in [0.3, 0.4) is 0 Å². The number of hydrogen-bond donors (Lipinski definition) is 1. The number of carbonyl (C=O) groups excluding carboxylic acids is 1. The Morgan fingerprint density at radius 3 is 2.80 bits per heavy atom. The normalized spacial score (nSPS) is 15.4. The molecule has 7 heteroatoms. The van der Waals surface area contributed by atoms with Crippen LogP contribution < -0.4 is 0 Å². The summed E-state index contributed by atoms with van der Waals surface area (Å²) in [6.07, 6.45) is 3.83. The molecule has 3 heterocycles. The van der Waals surface area contributed by atoms with Gasteiger partial charge < -0.3 is 9.40 Å². The number of rotatable bonds is 5. The van der Waals surface area contributed by atoms with Crippen LogP contribution >= 0.6 is 15.9 Å². The Kier molecular flexibility index (Phi) is 4.80. The van der Waals surface area contributed by atoms with E-state index in [4.69, 9.17) is 4.42 Å². The van der Waals surface area contributed by atoms with Gasteiger partial charge in [0.25, 0.3) is 5.91 Å². The summed E-state index contributed by atoms with van der Waals surface area (Å²) in [4.78, 5) is 27.4. The number of halogens is 1. The maximum absolute atomic E-state index is 13.2. The number of benzene rings is 2. The highest BCUT2D eigenvalue weighted by Gasteiger charge is 2.31. The number of para-hydroxylation sites is 2. The average Bonchev–Trinajstić information content (AvgIpc) is 3.47. The van der Waals surface area contributed by atoms with Crippen LogP contribution in [0.5, 0.6) is 0 Å². The lowest BCUT2D eigenvalue weighted by atomic mass is 10.2. The van der Waals surface area contributed by atoms with Crippen LogP contribution in [0.1, 0.15) is 17.1 Å². The monoisotopic (exact) mass is 460 g/mol. The number of H-pyrrole nitrogens is 1. The summed E-state index contributed by atoms with van der Waals surface area (Å²) in [5.74, 6) is 1.89. The summed E-state index contributed by atoms with van der Waals surface area (Å²) < 4.78 is 6.29. The molecule has 2 aromatic heterocycles. The second-order valence-electron chi connectivity index (χ2n) is 6.90. The molecule has 6 nitrogen and oxygen atoms in total. The highest BCUT2D eigenvalue weighted by atomic mass is 79.9. The number of nitrogens with one attached hydrogen (secondary N) is 1. The van der Waals surface area contributed by atoms with E-state index in [0.29, 0.717) is 30.3 Å². The number of aliphatic imine (C=N–C) groups is 1. The van der Waals surface area contributed by atoms with E-state index in [1.54, 1.807) is 29.4 Å². The molecular weight excluding hydrogens is 444 g/mol. The van der Waals surface area contributed by atoms with Crippen molar-refractivity contribution in [2.24, 2.45) is 4.99 Å². The molecule has 0 spiro atoms. The van der Waals surface area contributed by atoms with Crippen LogP contribution in [0.4, 0.5) is 0 Å². The maximum atomic E-state index is 13.2. The fourth-order valence-corrected chi connectivity index (χ4v) is 3.86. The first-order chi connectivity index (χ1) is 14.7. The molecule has 4 aromatic rings. The van der Waals surface area contributed by atoms with Crippen LogP contribution in [0, 0.1) is 0 Å². The summed E-state index contributed by atoms with van der Waals surface area (Å²) in [7, 11) is 0. The first-order valence-corrected chi connectivity index (χ1v) is 10.3. The molecule has 5 rings (SSSR count). The fourth-order valence-electron chi connectivity index (χ4n) is 3.46. The number of imidazole rings is 1. The van der Waals surface area contributed by atoms with Crippen molar-refractivity contribution in [2.45, 2.75) is 6.42 Å². The van der Waals surface area contributed by atoms with Gasteiger partial charge in [0, 0.05) is 29.1 Å². The fraction of sp³-hybridized carbons (Fsp3) is 0.0870. The number of amidine groups is 1. The van der Waals surface area contributed by atoms with Gasteiger partial charge in [-0.05, 0) is 36.4 Å². The molecule has 0 fully saturated rings. The van der Waals surface area contributed by atoms with E-state index >= 15 is 0 Å². The molecule has 0 saturated heterocycles. The third kappa shape index (κ3) is 3.59. The van der Waals surface area contributed by atoms with Crippen molar-refractivity contribution in [2.75, 3.05) is 6.54 Å². The minimum Gasteiger partial charge on any atom is -0.465 e. The second kappa shape index (κ2) is 7.76. The summed E-state index contributed by atoms with van der Waals surface area (Å²) >= 11 is 3.50. The Morgan fingerprint density at radius 2 is 2.00 bits per heavy atom. The van der Waals surface area contributed by atoms with Gasteiger partial charge in [0.15, 0.2) is 0 Å². The van der Waals surface area contributed by atoms with E-state index in [1.165, 1.54) is 0 Å². The predicted molar refractivity (Wildman–Crippen MR) is 119 cm³/mol. The lowest BCUT2D eigenvalue weighted by Gasteiger charge is -2.18. The minimum atomic E-state index is -0.155. The number of nitrogens with zero attached hydrogens (tertiary/aromatic N) is 3. The van der Waals surface area contributed by atoms with E-state index < -0.39 is 0 Å². The number of furan rings is 1. The Hall–Kier alpha value is -3.45. The molecule has 30 heavy (non-hydrogen) atoms. The molecule has 1 amide bonds. The van der Waals surface area contributed by atoms with Crippen molar-refractivity contribution < 1.29 is 9.21 Å². The zero-order valence-corrected chi connectivity index (χ0v) is 17.5. The lowest BCUT2D eigenvalue weighted by molar-refractivity contribution is -0.122. The van der Waals surface area contributed by atoms with Crippen molar-refractivity contribution in [3.63, 3.8) is 0 Å². The molecule has 2 aromatic carbocycles. The predicted octanol–water partition coefficient (Wildman–Crippen LogP) is 4.79. The molecule has 1 N–H and O–H groups in total. The minimum absolute atomic E-state index is 0.155. The zero-order chi connectivity index (χ0) is 20.5. The van der Waals surface area contributed by atoms with Crippen LogP contribution in [0.15, 0.2) is 86.5 Å². The molecule has 0 radical (unpaired) electrons. The van der Waals surface area contributed by atoms with Crippen molar-refractivity contribution in [1.82, 2.24) is 14.9 Å². The maximum Gasteiger partial charge on any atom is 0.278 e. The van der Waals surface area contributed by atoms with E-state index in [9.17, 15) is 4.79 Å². The Balaban J connectivity index is 1.46. The van der Waals surface area contributed by atoms with Crippen LogP contribution in [-0.4, -0.2) is 33.2 Å². The number of amides is 1. The smallest absolute Gasteiger partial charge is 0.278 e. The van der Waals surface area contributed by atoms with Gasteiger partial charge in [-0.2, -0.15) is 0 Å². The average molecular weight is 461 g/mol. The van der Waals surface area contributed by atoms with Crippen molar-refractivity contribution in [1.29, 1.82) is 0 Å². The van der Waals surface area contributed by atoms with Crippen molar-refractivity contribution in [3.05, 3.63) is 94.2 Å². The third-order valence-electron chi connectivity index (χ3n) is 4.86. The van der Waals surface area contributed by atoms with E-state index in [2.05, 4.69) is 30.9 Å². The number of aromatic amines is 1. The summed E-state index contributed by atoms with van der Waals surface area (Å²) in [5, 5.41) is 0. The molecule has 0 unspecified atom stereocenters. The highest BCUT2D eigenvalue weighted by Crippen LogP contribution is 2.24. The number of aromatic nitrogens is 2. The quantitative estimate of drug-likeness (QED) is 0.435. The second-order valence-corrected chi connectivity index (χ2v) is 7.81. The van der Waals surface area contributed by atoms with Gasteiger partial charge >= 0.3 is 0 Å². The first-order valence-electron chi connectivity index (χ1n) is 9.53. The number of carbonyl (C=O) groups is 1. The third-order valence-corrected chi connectivity index (χ3v) is 5.36. The molecular formula is C23H17BrN4O2. The Labute approximate surface area is 181 Å². The highest BCUT2D eigenvalue weighted by molar-refractivity contribution is 9.10. The van der Waals surface area contributed by atoms with Gasteiger partial charge in [0.1, 0.15) is 23.1 Å². The Bertz CT molecular complexity index is 1250. The van der Waals surface area contributed by atoms with Gasteiger partial charge in [-0.1, -0.05) is 40.2 Å². The van der Waals surface area contributed by atoms with E-state index in [-0.39, 0.29) is 5.91 Å². The molecule has 0 bridgehead atoms. The molecule has 0 atom stereocenters. The number of fused-ring (bicyclic) bond motifs is 1. The van der Waals surface area contributed by atoms with Gasteiger partial charge in [0.05, 0.1) is 17.3 Å². The summed E-state index contributed by atoms with van der Waals surface area (Å²) in [6.45, 7) is 0.458. The van der Waals surface area contributed by atoms with E-state index in [1.807, 2.05) is 48.5 Å². The first kappa shape index (κ1) is 18.6. The lowest BCUT2D eigenvalue weighted by Crippen LogP contribution is -2.34. The molecule has 1 aliphatic rings. The van der Waals surface area contributed by atoms with Gasteiger partial charge in [-0.25, -0.2) is 9.98 Å². The van der Waals surface area contributed by atoms with E-state index in [0.717, 1.165) is 26.9 Å². The van der Waals surface area contributed by atoms with Crippen LogP contribution in [0.25, 0.3) is 17.1 Å². The zero-order valence-electron chi connectivity index (χ0n) is 15.9. The molecule has 0 aliphatic carbocycles. The van der Waals surface area contributed by atoms with Crippen LogP contribution in [0.2, 0.25) is 0 Å².